The lowest BCUT2D eigenvalue weighted by Crippen LogP contribution is -2.43. The number of unbranched alkanes of at least 4 members (excludes halogenated alkanes) is 11. The second kappa shape index (κ2) is 27.5. The van der Waals surface area contributed by atoms with E-state index in [-0.39, 0.29) is 12.8 Å². The first kappa shape index (κ1) is 41.0. The standard InChI is InChI=1S/C31H56NO10P/c1-3-5-7-9-10-11-12-13-14-15-16-17-19-21-23-30(35)40-24-27(33)25-41-43(38,39)42-26-28(31(36)37)32-29(34)22-20-18-8-6-4-2/h9-10,12-13,27-28,33H,3-8,11,14-26H2,1-2H3,(H,32,34)(H,36,37)(H,38,39)/b10-9-,13-12-. The number of phosphoric ester groups is 1. The minimum Gasteiger partial charge on any atom is -0.480 e. The van der Waals surface area contributed by atoms with Gasteiger partial charge in [0.2, 0.25) is 5.91 Å². The molecule has 0 aromatic rings. The van der Waals surface area contributed by atoms with E-state index in [1.165, 1.54) is 12.8 Å². The smallest absolute Gasteiger partial charge is 0.472 e. The van der Waals surface area contributed by atoms with Gasteiger partial charge in [0.05, 0.1) is 13.2 Å². The number of allylic oxidation sites excluding steroid dienone is 4. The van der Waals surface area contributed by atoms with Crippen molar-refractivity contribution in [2.45, 2.75) is 135 Å². The molecule has 3 unspecified atom stereocenters. The highest BCUT2D eigenvalue weighted by atomic mass is 31.2. The molecule has 0 aliphatic heterocycles. The summed E-state index contributed by atoms with van der Waals surface area (Å²) in [5, 5.41) is 21.5. The second-order valence-corrected chi connectivity index (χ2v) is 12.1. The van der Waals surface area contributed by atoms with Crippen molar-refractivity contribution in [1.82, 2.24) is 5.32 Å². The molecule has 0 bridgehead atoms. The van der Waals surface area contributed by atoms with Crippen LogP contribution in [0.2, 0.25) is 0 Å². The molecule has 250 valence electrons. The van der Waals surface area contributed by atoms with Gasteiger partial charge in [-0.1, -0.05) is 95.9 Å². The Kier molecular flexibility index (Phi) is 26.2. The van der Waals surface area contributed by atoms with Crippen molar-refractivity contribution in [3.63, 3.8) is 0 Å². The minimum atomic E-state index is -4.73. The zero-order valence-corrected chi connectivity index (χ0v) is 27.1. The zero-order valence-electron chi connectivity index (χ0n) is 26.3. The van der Waals surface area contributed by atoms with E-state index in [1.54, 1.807) is 0 Å². The van der Waals surface area contributed by atoms with E-state index in [4.69, 9.17) is 4.74 Å². The number of amides is 1. The quantitative estimate of drug-likeness (QED) is 0.0314. The summed E-state index contributed by atoms with van der Waals surface area (Å²) in [5.74, 6) is -2.41. The average Bonchev–Trinajstić information content (AvgIpc) is 2.97. The Balaban J connectivity index is 3.99. The van der Waals surface area contributed by atoms with E-state index >= 15 is 0 Å². The third kappa shape index (κ3) is 27.3. The number of carbonyl (C=O) groups is 3. The fourth-order valence-electron chi connectivity index (χ4n) is 3.92. The third-order valence-electron chi connectivity index (χ3n) is 6.49. The number of carboxylic acid groups (broad SMARTS) is 1. The van der Waals surface area contributed by atoms with Crippen molar-refractivity contribution in [3.05, 3.63) is 24.3 Å². The van der Waals surface area contributed by atoms with E-state index in [2.05, 4.69) is 52.5 Å². The Bertz CT molecular complexity index is 848. The number of ether oxygens (including phenoxy) is 1. The van der Waals surface area contributed by atoms with Crippen LogP contribution in [0.3, 0.4) is 0 Å². The summed E-state index contributed by atoms with van der Waals surface area (Å²) < 4.78 is 26.4. The number of carbonyl (C=O) groups excluding carboxylic acids is 2. The fourth-order valence-corrected chi connectivity index (χ4v) is 4.69. The topological polar surface area (TPSA) is 169 Å². The molecule has 0 heterocycles. The van der Waals surface area contributed by atoms with Gasteiger partial charge in [-0.05, 0) is 38.5 Å². The molecule has 0 aliphatic rings. The molecule has 3 atom stereocenters. The van der Waals surface area contributed by atoms with Gasteiger partial charge in [-0.3, -0.25) is 18.6 Å². The van der Waals surface area contributed by atoms with Crippen LogP contribution in [-0.2, 0) is 32.7 Å². The number of aliphatic hydroxyl groups excluding tert-OH is 1. The number of aliphatic hydroxyl groups is 1. The molecule has 0 fully saturated rings. The van der Waals surface area contributed by atoms with E-state index in [0.29, 0.717) is 12.8 Å². The summed E-state index contributed by atoms with van der Waals surface area (Å²) in [4.78, 5) is 45.1. The normalized spacial score (nSPS) is 14.5. The van der Waals surface area contributed by atoms with Crippen LogP contribution in [0.25, 0.3) is 0 Å². The van der Waals surface area contributed by atoms with Gasteiger partial charge in [-0.15, -0.1) is 0 Å². The molecule has 0 aromatic heterocycles. The first-order valence-corrected chi connectivity index (χ1v) is 17.4. The van der Waals surface area contributed by atoms with E-state index in [1.807, 2.05) is 0 Å². The molecule has 0 rings (SSSR count). The van der Waals surface area contributed by atoms with Crippen LogP contribution in [0, 0.1) is 0 Å². The minimum absolute atomic E-state index is 0.140. The largest absolute Gasteiger partial charge is 0.480 e. The number of hydrogen-bond donors (Lipinski definition) is 4. The summed E-state index contributed by atoms with van der Waals surface area (Å²) in [5.41, 5.74) is 0. The number of aliphatic carboxylic acids is 1. The van der Waals surface area contributed by atoms with Gasteiger partial charge in [0.15, 0.2) is 6.04 Å². The number of hydrogen-bond acceptors (Lipinski definition) is 8. The first-order chi connectivity index (χ1) is 20.6. The van der Waals surface area contributed by atoms with Crippen molar-refractivity contribution < 1.29 is 47.8 Å². The van der Waals surface area contributed by atoms with Crippen LogP contribution in [-0.4, -0.2) is 64.9 Å². The molecule has 12 heteroatoms. The number of phosphoric acid groups is 1. The number of rotatable bonds is 29. The Morgan fingerprint density at radius 2 is 1.30 bits per heavy atom. The van der Waals surface area contributed by atoms with Gasteiger partial charge in [0.1, 0.15) is 12.7 Å². The van der Waals surface area contributed by atoms with Gasteiger partial charge >= 0.3 is 19.8 Å². The number of carboxylic acids is 1. The molecule has 43 heavy (non-hydrogen) atoms. The Labute approximate surface area is 258 Å². The van der Waals surface area contributed by atoms with Crippen molar-refractivity contribution in [2.75, 3.05) is 19.8 Å². The molecule has 0 saturated heterocycles. The Morgan fingerprint density at radius 1 is 0.744 bits per heavy atom. The summed E-state index contributed by atoms with van der Waals surface area (Å²) in [6, 6.07) is -1.54. The van der Waals surface area contributed by atoms with Crippen molar-refractivity contribution in [2.24, 2.45) is 0 Å². The van der Waals surface area contributed by atoms with Gasteiger partial charge in [0.25, 0.3) is 0 Å². The van der Waals surface area contributed by atoms with Crippen LogP contribution in [0.1, 0.15) is 123 Å². The van der Waals surface area contributed by atoms with Crippen molar-refractivity contribution in [1.29, 1.82) is 0 Å². The van der Waals surface area contributed by atoms with Crippen LogP contribution in [0.15, 0.2) is 24.3 Å². The van der Waals surface area contributed by atoms with E-state index in [0.717, 1.165) is 70.6 Å². The average molecular weight is 634 g/mol. The van der Waals surface area contributed by atoms with Crippen molar-refractivity contribution in [3.8, 4) is 0 Å². The Morgan fingerprint density at radius 3 is 1.95 bits per heavy atom. The maximum atomic E-state index is 12.1. The lowest BCUT2D eigenvalue weighted by molar-refractivity contribution is -0.147. The van der Waals surface area contributed by atoms with E-state index < -0.39 is 57.6 Å². The molecule has 0 aliphatic carbocycles. The second-order valence-electron chi connectivity index (χ2n) is 10.6. The predicted molar refractivity (Wildman–Crippen MR) is 166 cm³/mol. The van der Waals surface area contributed by atoms with Crippen LogP contribution in [0.5, 0.6) is 0 Å². The molecule has 4 N–H and O–H groups in total. The van der Waals surface area contributed by atoms with Crippen LogP contribution < -0.4 is 5.32 Å². The monoisotopic (exact) mass is 633 g/mol. The van der Waals surface area contributed by atoms with Crippen LogP contribution in [0.4, 0.5) is 0 Å². The highest BCUT2D eigenvalue weighted by molar-refractivity contribution is 7.47. The van der Waals surface area contributed by atoms with Gasteiger partial charge in [0, 0.05) is 12.8 Å². The first-order valence-electron chi connectivity index (χ1n) is 15.9. The fraction of sp³-hybridized carbons (Fsp3) is 0.774. The predicted octanol–water partition coefficient (Wildman–Crippen LogP) is 6.38. The molecule has 0 saturated carbocycles. The summed E-state index contributed by atoms with van der Waals surface area (Å²) in [6.45, 7) is 2.36. The zero-order chi connectivity index (χ0) is 32.2. The van der Waals surface area contributed by atoms with Crippen LogP contribution >= 0.6 is 7.82 Å². The summed E-state index contributed by atoms with van der Waals surface area (Å²) >= 11 is 0. The van der Waals surface area contributed by atoms with Gasteiger partial charge < -0.3 is 25.2 Å². The van der Waals surface area contributed by atoms with Gasteiger partial charge in [-0.2, -0.15) is 0 Å². The SMILES string of the molecule is CCCC/C=C\C/C=C\CCCCCCCC(=O)OCC(O)COP(=O)(O)OCC(NC(=O)CCCCCCC)C(=O)O. The molecular formula is C31H56NO10P. The lowest BCUT2D eigenvalue weighted by atomic mass is 10.1. The number of esters is 1. The summed E-state index contributed by atoms with van der Waals surface area (Å²) in [6.07, 6.45) is 22.8. The molecule has 1 amide bonds. The maximum Gasteiger partial charge on any atom is 0.472 e. The summed E-state index contributed by atoms with van der Waals surface area (Å²) in [7, 11) is -4.73. The van der Waals surface area contributed by atoms with E-state index in [9.17, 15) is 34.1 Å². The number of nitrogens with one attached hydrogen (secondary N) is 1. The highest BCUT2D eigenvalue weighted by Crippen LogP contribution is 2.43. The lowest BCUT2D eigenvalue weighted by Gasteiger charge is -2.18. The molecule has 0 spiro atoms. The van der Waals surface area contributed by atoms with Gasteiger partial charge in [-0.25, -0.2) is 9.36 Å². The molecule has 0 radical (unpaired) electrons. The maximum absolute atomic E-state index is 12.1. The van der Waals surface area contributed by atoms with Crippen molar-refractivity contribution >= 4 is 25.7 Å². The Hall–Kier alpha value is -2.04. The third-order valence-corrected chi connectivity index (χ3v) is 7.44. The molecule has 11 nitrogen and oxygen atoms in total. The molecule has 0 aromatic carbocycles. The highest BCUT2D eigenvalue weighted by Gasteiger charge is 2.28. The molecular weight excluding hydrogens is 577 g/mol.